The highest BCUT2D eigenvalue weighted by molar-refractivity contribution is 9.09. The minimum Gasteiger partial charge on any atom is -0.494 e. The van der Waals surface area contributed by atoms with Crippen LogP contribution in [-0.2, 0) is 6.61 Å². The maximum Gasteiger partial charge on any atom is 0.275 e. The normalized spacial score (nSPS) is 10.2. The summed E-state index contributed by atoms with van der Waals surface area (Å²) in [6.07, 6.45) is 1.93. The fourth-order valence-electron chi connectivity index (χ4n) is 1.34. The van der Waals surface area contributed by atoms with Crippen molar-refractivity contribution < 1.29 is 14.8 Å². The van der Waals surface area contributed by atoms with E-state index in [-0.39, 0.29) is 17.9 Å². The average molecular weight is 304 g/mol. The number of ether oxygens (including phenoxy) is 1. The molecule has 1 N–H and O–H groups in total. The zero-order valence-corrected chi connectivity index (χ0v) is 10.9. The molecule has 0 radical (unpaired) electrons. The first kappa shape index (κ1) is 13.9. The van der Waals surface area contributed by atoms with Crippen LogP contribution in [0.1, 0.15) is 18.4 Å². The molecule has 94 valence electrons. The Labute approximate surface area is 108 Å². The number of hydrogen-bond acceptors (Lipinski definition) is 4. The van der Waals surface area contributed by atoms with Crippen molar-refractivity contribution in [2.24, 2.45) is 0 Å². The first-order chi connectivity index (χ1) is 8.19. The molecule has 0 aliphatic heterocycles. The van der Waals surface area contributed by atoms with E-state index in [4.69, 9.17) is 9.84 Å². The van der Waals surface area contributed by atoms with Crippen LogP contribution in [-0.4, -0.2) is 22.0 Å². The van der Waals surface area contributed by atoms with Gasteiger partial charge >= 0.3 is 0 Å². The van der Waals surface area contributed by atoms with Gasteiger partial charge in [-0.3, -0.25) is 10.1 Å². The van der Waals surface area contributed by atoms with E-state index in [9.17, 15) is 10.1 Å². The Kier molecular flexibility index (Phi) is 5.93. The van der Waals surface area contributed by atoms with Gasteiger partial charge < -0.3 is 9.84 Å². The SMILES string of the molecule is O=[N+]([O-])c1ccc(OCCCCBr)cc1CO. The third kappa shape index (κ3) is 4.32. The summed E-state index contributed by atoms with van der Waals surface area (Å²) in [5.41, 5.74) is 0.188. The maximum atomic E-state index is 10.6. The molecule has 0 aliphatic carbocycles. The quantitative estimate of drug-likeness (QED) is 0.364. The van der Waals surface area contributed by atoms with Crippen LogP contribution in [0, 0.1) is 10.1 Å². The second-order valence-corrected chi connectivity index (χ2v) is 4.24. The first-order valence-electron chi connectivity index (χ1n) is 5.26. The maximum absolute atomic E-state index is 10.6. The van der Waals surface area contributed by atoms with Crippen LogP contribution in [0.4, 0.5) is 5.69 Å². The molecule has 0 bridgehead atoms. The molecule has 1 rings (SSSR count). The molecule has 1 aromatic rings. The molecule has 0 fully saturated rings. The van der Waals surface area contributed by atoms with Gasteiger partial charge in [0.25, 0.3) is 5.69 Å². The van der Waals surface area contributed by atoms with Gasteiger partial charge in [-0.15, -0.1) is 0 Å². The molecule has 0 aliphatic rings. The number of aliphatic hydroxyl groups is 1. The third-order valence-corrected chi connectivity index (χ3v) is 2.78. The number of nitro groups is 1. The molecule has 17 heavy (non-hydrogen) atoms. The van der Waals surface area contributed by atoms with Crippen molar-refractivity contribution in [3.8, 4) is 5.75 Å². The van der Waals surface area contributed by atoms with Crippen molar-refractivity contribution in [2.45, 2.75) is 19.4 Å². The highest BCUT2D eigenvalue weighted by atomic mass is 79.9. The number of halogens is 1. The van der Waals surface area contributed by atoms with E-state index in [1.807, 2.05) is 0 Å². The van der Waals surface area contributed by atoms with Crippen molar-refractivity contribution >= 4 is 21.6 Å². The Balaban J connectivity index is 2.66. The number of aliphatic hydroxyl groups excluding tert-OH is 1. The molecule has 0 saturated heterocycles. The summed E-state index contributed by atoms with van der Waals surface area (Å²) in [6, 6.07) is 4.41. The summed E-state index contributed by atoms with van der Waals surface area (Å²) >= 11 is 3.32. The average Bonchev–Trinajstić information content (AvgIpc) is 2.34. The lowest BCUT2D eigenvalue weighted by Crippen LogP contribution is -2.00. The lowest BCUT2D eigenvalue weighted by Gasteiger charge is -2.07. The number of alkyl halides is 1. The summed E-state index contributed by atoms with van der Waals surface area (Å²) in [5, 5.41) is 20.6. The van der Waals surface area contributed by atoms with Crippen LogP contribution in [0.5, 0.6) is 5.75 Å². The van der Waals surface area contributed by atoms with Gasteiger partial charge in [0.2, 0.25) is 0 Å². The van der Waals surface area contributed by atoms with Crippen LogP contribution in [0.2, 0.25) is 0 Å². The van der Waals surface area contributed by atoms with Crippen LogP contribution in [0.15, 0.2) is 18.2 Å². The molecular formula is C11H14BrNO4. The number of nitro benzene ring substituents is 1. The summed E-state index contributed by atoms with van der Waals surface area (Å²) in [6.45, 7) is 0.198. The molecule has 0 aromatic heterocycles. The number of benzene rings is 1. The molecule has 0 atom stereocenters. The van der Waals surface area contributed by atoms with Crippen molar-refractivity contribution in [3.05, 3.63) is 33.9 Å². The standard InChI is InChI=1S/C11H14BrNO4/c12-5-1-2-6-17-10-3-4-11(13(15)16)9(7-10)8-14/h3-4,7,14H,1-2,5-6,8H2. The van der Waals surface area contributed by atoms with Gasteiger partial charge in [-0.2, -0.15) is 0 Å². The van der Waals surface area contributed by atoms with Crippen LogP contribution < -0.4 is 4.74 Å². The third-order valence-electron chi connectivity index (χ3n) is 2.21. The Morgan fingerprint density at radius 1 is 1.41 bits per heavy atom. The van der Waals surface area contributed by atoms with E-state index >= 15 is 0 Å². The topological polar surface area (TPSA) is 72.6 Å². The Morgan fingerprint density at radius 2 is 2.18 bits per heavy atom. The van der Waals surface area contributed by atoms with Gasteiger partial charge in [-0.1, -0.05) is 15.9 Å². The minimum atomic E-state index is -0.514. The van der Waals surface area contributed by atoms with Crippen LogP contribution >= 0.6 is 15.9 Å². The van der Waals surface area contributed by atoms with E-state index in [0.717, 1.165) is 18.2 Å². The number of hydrogen-bond donors (Lipinski definition) is 1. The predicted octanol–water partition coefficient (Wildman–Crippen LogP) is 2.64. The monoisotopic (exact) mass is 303 g/mol. The molecule has 6 heteroatoms. The van der Waals surface area contributed by atoms with E-state index in [2.05, 4.69) is 15.9 Å². The Bertz CT molecular complexity index is 384. The highest BCUT2D eigenvalue weighted by Crippen LogP contribution is 2.24. The van der Waals surface area contributed by atoms with Gasteiger partial charge in [0.05, 0.1) is 23.7 Å². The number of rotatable bonds is 7. The summed E-state index contributed by atoms with van der Waals surface area (Å²) in [4.78, 5) is 10.1. The van der Waals surface area contributed by atoms with Crippen molar-refractivity contribution in [1.82, 2.24) is 0 Å². The number of unbranched alkanes of at least 4 members (excludes halogenated alkanes) is 1. The zero-order chi connectivity index (χ0) is 12.7. The van der Waals surface area contributed by atoms with E-state index in [0.29, 0.717) is 12.4 Å². The van der Waals surface area contributed by atoms with Crippen LogP contribution in [0.25, 0.3) is 0 Å². The molecule has 5 nitrogen and oxygen atoms in total. The molecule has 0 saturated carbocycles. The lowest BCUT2D eigenvalue weighted by atomic mass is 10.2. The van der Waals surface area contributed by atoms with Gasteiger partial charge in [0.15, 0.2) is 0 Å². The molecule has 0 amide bonds. The lowest BCUT2D eigenvalue weighted by molar-refractivity contribution is -0.385. The molecule has 0 spiro atoms. The minimum absolute atomic E-state index is 0.0830. The molecule has 1 aromatic carbocycles. The number of nitrogens with zero attached hydrogens (tertiary/aromatic N) is 1. The largest absolute Gasteiger partial charge is 0.494 e. The van der Waals surface area contributed by atoms with Gasteiger partial charge in [-0.05, 0) is 25.0 Å². The van der Waals surface area contributed by atoms with Gasteiger partial charge in [-0.25, -0.2) is 0 Å². The predicted molar refractivity (Wildman–Crippen MR) is 67.5 cm³/mol. The Morgan fingerprint density at radius 3 is 2.76 bits per heavy atom. The smallest absolute Gasteiger partial charge is 0.275 e. The summed E-state index contributed by atoms with van der Waals surface area (Å²) in [7, 11) is 0. The Hall–Kier alpha value is -1.14. The molecular weight excluding hydrogens is 290 g/mol. The van der Waals surface area contributed by atoms with Crippen molar-refractivity contribution in [1.29, 1.82) is 0 Å². The van der Waals surface area contributed by atoms with Gasteiger partial charge in [0, 0.05) is 11.4 Å². The second kappa shape index (κ2) is 7.24. The molecule has 0 unspecified atom stereocenters. The van der Waals surface area contributed by atoms with Crippen molar-refractivity contribution in [3.63, 3.8) is 0 Å². The van der Waals surface area contributed by atoms with E-state index in [1.54, 1.807) is 6.07 Å². The molecule has 0 heterocycles. The second-order valence-electron chi connectivity index (χ2n) is 3.45. The summed E-state index contributed by atoms with van der Waals surface area (Å²) < 4.78 is 5.43. The van der Waals surface area contributed by atoms with E-state index < -0.39 is 4.92 Å². The van der Waals surface area contributed by atoms with Gasteiger partial charge in [0.1, 0.15) is 5.75 Å². The highest BCUT2D eigenvalue weighted by Gasteiger charge is 2.13. The fourth-order valence-corrected chi connectivity index (χ4v) is 1.74. The first-order valence-corrected chi connectivity index (χ1v) is 6.38. The zero-order valence-electron chi connectivity index (χ0n) is 9.26. The fraction of sp³-hybridized carbons (Fsp3) is 0.455. The van der Waals surface area contributed by atoms with Crippen molar-refractivity contribution in [2.75, 3.05) is 11.9 Å². The van der Waals surface area contributed by atoms with Crippen LogP contribution in [0.3, 0.4) is 0 Å². The van der Waals surface area contributed by atoms with E-state index in [1.165, 1.54) is 12.1 Å². The summed E-state index contributed by atoms with van der Waals surface area (Å²) in [5.74, 6) is 0.550.